The van der Waals surface area contributed by atoms with Gasteiger partial charge in [0.25, 0.3) is 0 Å². The molecule has 2 aromatic rings. The van der Waals surface area contributed by atoms with Gasteiger partial charge in [0, 0.05) is 66.0 Å². The Kier molecular flexibility index (Phi) is 24.1. The summed E-state index contributed by atoms with van der Waals surface area (Å²) < 4.78 is 12.1. The molecule has 8 nitrogen and oxygen atoms in total. The first kappa shape index (κ1) is 38.3. The fourth-order valence-electron chi connectivity index (χ4n) is 2.68. The molecule has 2 saturated heterocycles. The van der Waals surface area contributed by atoms with Gasteiger partial charge in [-0.1, -0.05) is 0 Å². The predicted molar refractivity (Wildman–Crippen MR) is 128 cm³/mol. The van der Waals surface area contributed by atoms with Crippen LogP contribution in [0.3, 0.4) is 0 Å². The number of piperazine rings is 2. The summed E-state index contributed by atoms with van der Waals surface area (Å²) >= 11 is 0. The Hall–Kier alpha value is -1.21. The van der Waals surface area contributed by atoms with Gasteiger partial charge < -0.3 is 35.7 Å². The Morgan fingerprint density at radius 1 is 0.829 bits per heavy atom. The Bertz CT molecular complexity index is 961. The van der Waals surface area contributed by atoms with Crippen LogP contribution < -0.4 is 72.2 Å². The second kappa shape index (κ2) is 22.0. The van der Waals surface area contributed by atoms with E-state index in [0.29, 0.717) is 30.8 Å². The molecule has 2 aliphatic heterocycles. The van der Waals surface area contributed by atoms with Crippen molar-refractivity contribution >= 4 is 17.5 Å². The number of carbonyl (C=O) groups is 2. The summed E-state index contributed by atoms with van der Waals surface area (Å²) in [5, 5.41) is 25.3. The van der Waals surface area contributed by atoms with Crippen LogP contribution in [0.5, 0.6) is 0 Å². The number of benzene rings is 2. The van der Waals surface area contributed by atoms with E-state index in [1.54, 1.807) is 12.1 Å². The number of hydrogen-bond donors (Lipinski definition) is 3. The third-order valence-corrected chi connectivity index (χ3v) is 4.28. The van der Waals surface area contributed by atoms with Crippen LogP contribution >= 0.6 is 0 Å². The minimum absolute atomic E-state index is 0. The van der Waals surface area contributed by atoms with E-state index in [-0.39, 0.29) is 118 Å². The van der Waals surface area contributed by atoms with Crippen molar-refractivity contribution in [3.05, 3.63) is 80.3 Å². The average molecular weight is 583 g/mol. The maximum Gasteiger partial charge on any atom is 1.00 e. The maximum absolute atomic E-state index is 12.1. The van der Waals surface area contributed by atoms with Crippen LogP contribution in [-0.2, 0) is 42.3 Å². The quantitative estimate of drug-likeness (QED) is 0.295. The van der Waals surface area contributed by atoms with Crippen molar-refractivity contribution in [2.45, 2.75) is 0 Å². The number of halogens is 1. The zero-order chi connectivity index (χ0) is 22.5. The van der Waals surface area contributed by atoms with Crippen LogP contribution in [0.4, 0.5) is 10.1 Å². The summed E-state index contributed by atoms with van der Waals surface area (Å²) in [5.41, 5.74) is 2.11. The van der Waals surface area contributed by atoms with Crippen LogP contribution in [0, 0.1) is 43.3 Å². The molecule has 4 rings (SSSR count). The minimum Gasteiger partial charge on any atom is -0.360 e. The predicted octanol–water partition coefficient (Wildman–Crippen LogP) is -0.954. The van der Waals surface area contributed by atoms with Crippen LogP contribution in [-0.4, -0.2) is 51.1 Å². The van der Waals surface area contributed by atoms with E-state index in [4.69, 9.17) is 10.5 Å². The van der Waals surface area contributed by atoms with Gasteiger partial charge in [0.05, 0.1) is 36.4 Å². The van der Waals surface area contributed by atoms with E-state index in [9.17, 15) is 14.0 Å². The van der Waals surface area contributed by atoms with E-state index in [1.165, 1.54) is 24.3 Å². The summed E-state index contributed by atoms with van der Waals surface area (Å²) in [5.74, 6) is -0.161. The Labute approximate surface area is 276 Å². The molecule has 2 heterocycles. The zero-order valence-electron chi connectivity index (χ0n) is 20.5. The first-order valence-corrected chi connectivity index (χ1v) is 9.66. The SMILES string of the molecule is N#Cc1ccc(F)cc1.N#Cc1ccc(N2CCNC(=O)C2)cc1.O=C1CNCCN1.[CH3-].[CH3-].[HH].[K+].[Y]. The van der Waals surface area contributed by atoms with Crippen LogP contribution in [0.15, 0.2) is 48.5 Å². The molecule has 0 bridgehead atoms. The molecule has 0 spiro atoms. The second-order valence-electron chi connectivity index (χ2n) is 6.58. The van der Waals surface area contributed by atoms with Gasteiger partial charge in [-0.2, -0.15) is 10.5 Å². The zero-order valence-corrected chi connectivity index (χ0v) is 26.4. The van der Waals surface area contributed by atoms with Crippen LogP contribution in [0.25, 0.3) is 0 Å². The molecule has 11 heteroatoms. The van der Waals surface area contributed by atoms with Gasteiger partial charge in [0.15, 0.2) is 0 Å². The van der Waals surface area contributed by atoms with E-state index in [2.05, 4.69) is 22.0 Å². The van der Waals surface area contributed by atoms with Crippen molar-refractivity contribution in [1.29, 1.82) is 10.5 Å². The third-order valence-electron chi connectivity index (χ3n) is 4.28. The Morgan fingerprint density at radius 2 is 1.34 bits per heavy atom. The number of nitrogens with zero attached hydrogens (tertiary/aromatic N) is 3. The van der Waals surface area contributed by atoms with Crippen molar-refractivity contribution in [3.63, 3.8) is 0 Å². The third kappa shape index (κ3) is 15.5. The van der Waals surface area contributed by atoms with Crippen molar-refractivity contribution in [1.82, 2.24) is 16.0 Å². The maximum atomic E-state index is 12.1. The topological polar surface area (TPSA) is 121 Å². The molecule has 35 heavy (non-hydrogen) atoms. The number of rotatable bonds is 1. The Balaban J connectivity index is -0.000000214. The van der Waals surface area contributed by atoms with Gasteiger partial charge in [-0.3, -0.25) is 9.59 Å². The monoisotopic (exact) mass is 582 g/mol. The number of nitriles is 2. The number of hydrogen-bond acceptors (Lipinski definition) is 6. The summed E-state index contributed by atoms with van der Waals surface area (Å²) in [6, 6.07) is 16.6. The van der Waals surface area contributed by atoms with Crippen LogP contribution in [0.1, 0.15) is 12.6 Å². The van der Waals surface area contributed by atoms with Crippen LogP contribution in [0.2, 0.25) is 0 Å². The molecule has 3 N–H and O–H groups in total. The molecule has 2 amide bonds. The number of carbonyl (C=O) groups excluding carboxylic acids is 2. The smallest absolute Gasteiger partial charge is 0.360 e. The largest absolute Gasteiger partial charge is 1.00 e. The van der Waals surface area contributed by atoms with Gasteiger partial charge >= 0.3 is 51.4 Å². The summed E-state index contributed by atoms with van der Waals surface area (Å²) in [4.78, 5) is 23.5. The van der Waals surface area contributed by atoms with E-state index >= 15 is 0 Å². The molecule has 2 aliphatic rings. The first-order chi connectivity index (χ1) is 15.0. The van der Waals surface area contributed by atoms with Gasteiger partial charge in [-0.25, -0.2) is 4.39 Å². The number of nitrogens with one attached hydrogen (secondary N) is 3. The molecule has 0 saturated carbocycles. The fraction of sp³-hybridized carbons (Fsp3) is 0.250. The first-order valence-electron chi connectivity index (χ1n) is 9.66. The van der Waals surface area contributed by atoms with Gasteiger partial charge in [0.1, 0.15) is 5.82 Å². The molecular weight excluding hydrogens is 551 g/mol. The molecule has 181 valence electrons. The summed E-state index contributed by atoms with van der Waals surface area (Å²) in [6.07, 6.45) is 0. The molecule has 2 aromatic carbocycles. The average Bonchev–Trinajstić information content (AvgIpc) is 2.81. The molecule has 1 radical (unpaired) electrons. The fourth-order valence-corrected chi connectivity index (χ4v) is 2.68. The summed E-state index contributed by atoms with van der Waals surface area (Å²) in [7, 11) is 0. The van der Waals surface area contributed by atoms with Gasteiger partial charge in [-0.15, -0.1) is 0 Å². The number of anilines is 1. The van der Waals surface area contributed by atoms with Crippen molar-refractivity contribution < 1.29 is 99.5 Å². The van der Waals surface area contributed by atoms with Gasteiger partial charge in [-0.05, 0) is 48.5 Å². The normalized spacial score (nSPS) is 13.2. The molecule has 2 fully saturated rings. The molecule has 0 aliphatic carbocycles. The van der Waals surface area contributed by atoms with Crippen molar-refractivity contribution in [2.24, 2.45) is 0 Å². The Morgan fingerprint density at radius 3 is 1.74 bits per heavy atom. The van der Waals surface area contributed by atoms with Gasteiger partial charge in [0.2, 0.25) is 11.8 Å². The molecule has 0 unspecified atom stereocenters. The van der Waals surface area contributed by atoms with Crippen molar-refractivity contribution in [2.75, 3.05) is 44.2 Å². The number of amides is 2. The van der Waals surface area contributed by atoms with Crippen molar-refractivity contribution in [3.8, 4) is 12.1 Å². The second-order valence-corrected chi connectivity index (χ2v) is 6.58. The molecule has 0 aromatic heterocycles. The molecule has 0 atom stereocenters. The van der Waals surface area contributed by atoms with E-state index in [1.807, 2.05) is 23.1 Å². The summed E-state index contributed by atoms with van der Waals surface area (Å²) in [6.45, 7) is 4.06. The van der Waals surface area contributed by atoms with E-state index < -0.39 is 0 Å². The van der Waals surface area contributed by atoms with E-state index in [0.717, 1.165) is 25.3 Å². The minimum atomic E-state index is -0.311. The standard InChI is InChI=1S/C11H11N3O.C7H4FN.C4H8N2O.2CH3.K.Y.H2/c12-7-9-1-3-10(4-2-9)14-6-5-13-11(15)8-14;8-7-3-1-6(5-9)2-4-7;7-4-3-5-1-2-6-4;;;;;/h1-4H,5-6,8H2,(H,13,15);1-4H;5H,1-3H2,(H,6,7);2*1H3;;;1H/q;;;2*-1;+1;;. The molecular formula is C24H31FKN6O2Y-.